The molecule has 0 saturated heterocycles. The molecular formula is C15H10F2O3S. The lowest BCUT2D eigenvalue weighted by Crippen LogP contribution is -2.25. The zero-order valence-electron chi connectivity index (χ0n) is 10.9. The molecule has 1 unspecified atom stereocenters. The number of hydrogen-bond donors (Lipinski definition) is 1. The average molecular weight is 308 g/mol. The number of rotatable bonds is 2. The third-order valence-electron chi connectivity index (χ3n) is 3.19. The molecule has 0 amide bonds. The number of thiophene rings is 1. The van der Waals surface area contributed by atoms with E-state index in [1.807, 2.05) is 0 Å². The van der Waals surface area contributed by atoms with Crippen molar-refractivity contribution in [3.8, 4) is 0 Å². The predicted octanol–water partition coefficient (Wildman–Crippen LogP) is 3.20. The van der Waals surface area contributed by atoms with E-state index in [-0.39, 0.29) is 11.1 Å². The van der Waals surface area contributed by atoms with Gasteiger partial charge in [-0.3, -0.25) is 0 Å². The fourth-order valence-corrected chi connectivity index (χ4v) is 3.22. The van der Waals surface area contributed by atoms with Crippen LogP contribution in [0.5, 0.6) is 0 Å². The minimum absolute atomic E-state index is 0.0755. The van der Waals surface area contributed by atoms with Crippen molar-refractivity contribution >= 4 is 28.5 Å². The van der Waals surface area contributed by atoms with Gasteiger partial charge in [-0.1, -0.05) is 12.1 Å². The number of cyclic esters (lactones) is 1. The van der Waals surface area contributed by atoms with E-state index in [9.17, 15) is 18.7 Å². The quantitative estimate of drug-likeness (QED) is 0.867. The number of hydrogen-bond acceptors (Lipinski definition) is 4. The summed E-state index contributed by atoms with van der Waals surface area (Å²) >= 11 is 1.24. The van der Waals surface area contributed by atoms with Crippen molar-refractivity contribution in [3.63, 3.8) is 0 Å². The molecule has 1 aromatic carbocycles. The second-order valence-corrected chi connectivity index (χ2v) is 5.64. The lowest BCUT2D eigenvalue weighted by Gasteiger charge is -2.18. The zero-order valence-corrected chi connectivity index (χ0v) is 11.7. The standard InChI is InChI=1S/C15H10F2O3S/c1-15(19)13(10-6-3-7-21-10)12(14(18)20-15)11-8(16)4-2-5-9(11)17/h2-7,19H,1H3. The highest BCUT2D eigenvalue weighted by Gasteiger charge is 2.45. The Balaban J connectivity index is 2.35. The van der Waals surface area contributed by atoms with E-state index in [0.29, 0.717) is 4.88 Å². The Bertz CT molecular complexity index is 728. The van der Waals surface area contributed by atoms with E-state index in [4.69, 9.17) is 4.74 Å². The van der Waals surface area contributed by atoms with Crippen LogP contribution in [0.1, 0.15) is 17.4 Å². The molecule has 0 saturated carbocycles. The van der Waals surface area contributed by atoms with Crippen molar-refractivity contribution in [2.45, 2.75) is 12.7 Å². The summed E-state index contributed by atoms with van der Waals surface area (Å²) in [5.74, 6) is -4.64. The summed E-state index contributed by atoms with van der Waals surface area (Å²) < 4.78 is 32.8. The number of ether oxygens (including phenoxy) is 1. The van der Waals surface area contributed by atoms with Crippen LogP contribution >= 0.6 is 11.3 Å². The molecule has 1 aromatic heterocycles. The smallest absolute Gasteiger partial charge is 0.342 e. The molecule has 0 fully saturated rings. The topological polar surface area (TPSA) is 46.5 Å². The van der Waals surface area contributed by atoms with Crippen molar-refractivity contribution in [1.82, 2.24) is 0 Å². The van der Waals surface area contributed by atoms with Gasteiger partial charge in [0.15, 0.2) is 0 Å². The molecule has 2 heterocycles. The van der Waals surface area contributed by atoms with Gasteiger partial charge in [0.2, 0.25) is 5.79 Å². The summed E-state index contributed by atoms with van der Waals surface area (Å²) in [5, 5.41) is 12.0. The molecule has 21 heavy (non-hydrogen) atoms. The highest BCUT2D eigenvalue weighted by atomic mass is 32.1. The normalized spacial score (nSPS) is 21.8. The maximum atomic E-state index is 14.0. The summed E-state index contributed by atoms with van der Waals surface area (Å²) in [6.45, 7) is 1.27. The van der Waals surface area contributed by atoms with Crippen LogP contribution in [0.4, 0.5) is 8.78 Å². The van der Waals surface area contributed by atoms with Gasteiger partial charge in [0.05, 0.1) is 16.7 Å². The number of benzene rings is 1. The molecule has 1 N–H and O–H groups in total. The van der Waals surface area contributed by atoms with Gasteiger partial charge in [-0.25, -0.2) is 13.6 Å². The Labute approximate surface area is 123 Å². The molecule has 6 heteroatoms. The van der Waals surface area contributed by atoms with Crippen LogP contribution in [-0.2, 0) is 9.53 Å². The molecule has 3 nitrogen and oxygen atoms in total. The largest absolute Gasteiger partial charge is 0.425 e. The maximum absolute atomic E-state index is 14.0. The van der Waals surface area contributed by atoms with Gasteiger partial charge in [0.25, 0.3) is 0 Å². The van der Waals surface area contributed by atoms with Crippen LogP contribution in [0.25, 0.3) is 11.1 Å². The first-order valence-electron chi connectivity index (χ1n) is 6.10. The molecule has 1 aliphatic heterocycles. The van der Waals surface area contributed by atoms with Crippen molar-refractivity contribution in [2.75, 3.05) is 0 Å². The number of halogens is 2. The van der Waals surface area contributed by atoms with E-state index >= 15 is 0 Å². The van der Waals surface area contributed by atoms with Crippen molar-refractivity contribution in [1.29, 1.82) is 0 Å². The Morgan fingerprint density at radius 2 is 1.86 bits per heavy atom. The number of aliphatic hydroxyl groups is 1. The van der Waals surface area contributed by atoms with Crippen LogP contribution in [0.3, 0.4) is 0 Å². The van der Waals surface area contributed by atoms with Gasteiger partial charge in [-0.15, -0.1) is 11.3 Å². The third-order valence-corrected chi connectivity index (χ3v) is 4.08. The van der Waals surface area contributed by atoms with E-state index in [2.05, 4.69) is 0 Å². The number of esters is 1. The minimum atomic E-state index is -1.92. The summed E-state index contributed by atoms with van der Waals surface area (Å²) in [6, 6.07) is 6.67. The van der Waals surface area contributed by atoms with E-state index in [0.717, 1.165) is 12.1 Å². The SMILES string of the molecule is CC1(O)OC(=O)C(c2c(F)cccc2F)=C1c1cccs1. The van der Waals surface area contributed by atoms with Gasteiger partial charge in [-0.05, 0) is 23.6 Å². The molecule has 1 atom stereocenters. The van der Waals surface area contributed by atoms with Crippen molar-refractivity contribution in [2.24, 2.45) is 0 Å². The Morgan fingerprint density at radius 3 is 2.43 bits per heavy atom. The Kier molecular flexibility index (Phi) is 3.15. The number of carbonyl (C=O) groups excluding carboxylic acids is 1. The van der Waals surface area contributed by atoms with Crippen molar-refractivity contribution < 1.29 is 23.4 Å². The molecule has 0 spiro atoms. The summed E-state index contributed by atoms with van der Waals surface area (Å²) in [6.07, 6.45) is 0. The lowest BCUT2D eigenvalue weighted by molar-refractivity contribution is -0.169. The summed E-state index contributed by atoms with van der Waals surface area (Å²) in [5.41, 5.74) is -0.687. The van der Waals surface area contributed by atoms with Gasteiger partial charge in [0.1, 0.15) is 11.6 Å². The van der Waals surface area contributed by atoms with Gasteiger partial charge in [0, 0.05) is 11.8 Å². The monoisotopic (exact) mass is 308 g/mol. The molecule has 0 radical (unpaired) electrons. The van der Waals surface area contributed by atoms with Crippen molar-refractivity contribution in [3.05, 3.63) is 57.8 Å². The van der Waals surface area contributed by atoms with E-state index < -0.39 is 29.0 Å². The molecule has 3 rings (SSSR count). The summed E-state index contributed by atoms with van der Waals surface area (Å²) in [4.78, 5) is 12.5. The first kappa shape index (κ1) is 13.9. The van der Waals surface area contributed by atoms with Gasteiger partial charge < -0.3 is 9.84 Å². The molecule has 0 aliphatic carbocycles. The second kappa shape index (κ2) is 4.75. The van der Waals surface area contributed by atoms with E-state index in [1.54, 1.807) is 17.5 Å². The van der Waals surface area contributed by atoms with Crippen LogP contribution in [0, 0.1) is 11.6 Å². The maximum Gasteiger partial charge on any atom is 0.342 e. The predicted molar refractivity (Wildman–Crippen MR) is 74.2 cm³/mol. The van der Waals surface area contributed by atoms with Crippen LogP contribution in [0.2, 0.25) is 0 Å². The second-order valence-electron chi connectivity index (χ2n) is 4.70. The fourth-order valence-electron chi connectivity index (χ4n) is 2.35. The number of carbonyl (C=O) groups is 1. The lowest BCUT2D eigenvalue weighted by atomic mass is 9.95. The van der Waals surface area contributed by atoms with E-state index in [1.165, 1.54) is 24.3 Å². The minimum Gasteiger partial charge on any atom is -0.425 e. The zero-order chi connectivity index (χ0) is 15.2. The Hall–Kier alpha value is -2.05. The molecule has 1 aliphatic rings. The molecule has 2 aromatic rings. The van der Waals surface area contributed by atoms with Crippen LogP contribution < -0.4 is 0 Å². The Morgan fingerprint density at radius 1 is 1.19 bits per heavy atom. The van der Waals surface area contributed by atoms with Crippen LogP contribution in [0.15, 0.2) is 35.7 Å². The molecule has 108 valence electrons. The average Bonchev–Trinajstić information content (AvgIpc) is 2.96. The van der Waals surface area contributed by atoms with Gasteiger partial charge in [-0.2, -0.15) is 0 Å². The summed E-state index contributed by atoms with van der Waals surface area (Å²) in [7, 11) is 0. The fraction of sp³-hybridized carbons (Fsp3) is 0.133. The highest BCUT2D eigenvalue weighted by molar-refractivity contribution is 7.11. The van der Waals surface area contributed by atoms with Crippen LogP contribution in [-0.4, -0.2) is 16.9 Å². The highest BCUT2D eigenvalue weighted by Crippen LogP contribution is 2.44. The molecular weight excluding hydrogens is 298 g/mol. The third kappa shape index (κ3) is 2.16. The van der Waals surface area contributed by atoms with Gasteiger partial charge >= 0.3 is 5.97 Å². The molecule has 0 bridgehead atoms. The first-order chi connectivity index (χ1) is 9.92. The first-order valence-corrected chi connectivity index (χ1v) is 6.98.